The van der Waals surface area contributed by atoms with Crippen LogP contribution in [0.3, 0.4) is 0 Å². The molecular weight excluding hydrogens is 221 g/mol. The van der Waals surface area contributed by atoms with Crippen LogP contribution in [0.15, 0.2) is 18.2 Å². The Balaban J connectivity index is 2.76. The lowest BCUT2D eigenvalue weighted by Crippen LogP contribution is -2.32. The highest BCUT2D eigenvalue weighted by molar-refractivity contribution is 6.59. The molecule has 94 valence electrons. The summed E-state index contributed by atoms with van der Waals surface area (Å²) in [6.45, 7) is 1.24. The van der Waals surface area contributed by atoms with Crippen LogP contribution >= 0.6 is 0 Å². The fraction of sp³-hybridized carbons (Fsp3) is 0.455. The minimum Gasteiger partial charge on any atom is -0.497 e. The van der Waals surface area contributed by atoms with Crippen molar-refractivity contribution in [1.82, 2.24) is 4.90 Å². The molecule has 0 aliphatic heterocycles. The normalized spacial score (nSPS) is 10.5. The molecular formula is C11H18BNO4. The summed E-state index contributed by atoms with van der Waals surface area (Å²) in [4.78, 5) is 1.98. The van der Waals surface area contributed by atoms with E-state index in [2.05, 4.69) is 0 Å². The van der Waals surface area contributed by atoms with Gasteiger partial charge >= 0.3 is 7.12 Å². The summed E-state index contributed by atoms with van der Waals surface area (Å²) in [7, 11) is 3.84. The number of rotatable bonds is 6. The maximum Gasteiger partial charge on any atom is 0.492 e. The number of likely N-dealkylation sites (N-methyl/N-ethyl adjacent to an activating group) is 1. The quantitative estimate of drug-likeness (QED) is 0.644. The maximum atomic E-state index is 9.24. The van der Waals surface area contributed by atoms with Gasteiger partial charge < -0.3 is 24.4 Å². The summed E-state index contributed by atoms with van der Waals surface area (Å²) < 4.78 is 10.5. The van der Waals surface area contributed by atoms with Gasteiger partial charge in [0.15, 0.2) is 0 Å². The molecule has 2 N–H and O–H groups in total. The van der Waals surface area contributed by atoms with Crippen LogP contribution in [0, 0.1) is 0 Å². The van der Waals surface area contributed by atoms with Crippen LogP contribution in [0.1, 0.15) is 0 Å². The molecule has 5 nitrogen and oxygen atoms in total. The third kappa shape index (κ3) is 4.26. The standard InChI is InChI=1S/C11H18BNO4/c1-13(2)6-7-17-11-5-4-9(16-3)8-10(11)12(14)15/h4-5,8,14-15H,6-7H2,1-3H3. The van der Waals surface area contributed by atoms with Crippen molar-refractivity contribution >= 4 is 12.6 Å². The Kier molecular flexibility index (Phi) is 5.28. The first kappa shape index (κ1) is 13.8. The molecule has 0 radical (unpaired) electrons. The zero-order chi connectivity index (χ0) is 12.8. The van der Waals surface area contributed by atoms with Crippen LogP contribution in [0.4, 0.5) is 0 Å². The summed E-state index contributed by atoms with van der Waals surface area (Å²) in [6.07, 6.45) is 0. The first-order valence-electron chi connectivity index (χ1n) is 5.36. The summed E-state index contributed by atoms with van der Waals surface area (Å²) in [5.41, 5.74) is 0.308. The topological polar surface area (TPSA) is 62.2 Å². The van der Waals surface area contributed by atoms with Gasteiger partial charge in [0.2, 0.25) is 0 Å². The molecule has 0 amide bonds. The van der Waals surface area contributed by atoms with E-state index in [4.69, 9.17) is 9.47 Å². The summed E-state index contributed by atoms with van der Waals surface area (Å²) in [6, 6.07) is 4.94. The first-order valence-corrected chi connectivity index (χ1v) is 5.36. The van der Waals surface area contributed by atoms with Crippen LogP contribution in [0.25, 0.3) is 0 Å². The predicted molar refractivity (Wildman–Crippen MR) is 66.9 cm³/mol. The molecule has 0 saturated heterocycles. The van der Waals surface area contributed by atoms with Crippen molar-refractivity contribution in [2.24, 2.45) is 0 Å². The van der Waals surface area contributed by atoms with E-state index in [0.29, 0.717) is 23.6 Å². The van der Waals surface area contributed by atoms with E-state index in [1.807, 2.05) is 19.0 Å². The zero-order valence-electron chi connectivity index (χ0n) is 10.4. The van der Waals surface area contributed by atoms with Crippen LogP contribution in [-0.4, -0.2) is 56.4 Å². The van der Waals surface area contributed by atoms with E-state index in [1.165, 1.54) is 7.11 Å². The second-order valence-corrected chi connectivity index (χ2v) is 3.93. The molecule has 0 aliphatic carbocycles. The number of methoxy groups -OCH3 is 1. The lowest BCUT2D eigenvalue weighted by Gasteiger charge is -2.14. The Labute approximate surface area is 102 Å². The highest BCUT2D eigenvalue weighted by Gasteiger charge is 2.18. The summed E-state index contributed by atoms with van der Waals surface area (Å²) in [5.74, 6) is 1.02. The largest absolute Gasteiger partial charge is 0.497 e. The minimum absolute atomic E-state index is 0.308. The Morgan fingerprint density at radius 1 is 1.29 bits per heavy atom. The zero-order valence-corrected chi connectivity index (χ0v) is 10.4. The lowest BCUT2D eigenvalue weighted by molar-refractivity contribution is 0.262. The maximum absolute atomic E-state index is 9.24. The molecule has 0 bridgehead atoms. The van der Waals surface area contributed by atoms with Gasteiger partial charge in [-0.05, 0) is 32.3 Å². The van der Waals surface area contributed by atoms with Crippen molar-refractivity contribution in [1.29, 1.82) is 0 Å². The van der Waals surface area contributed by atoms with E-state index in [0.717, 1.165) is 6.54 Å². The van der Waals surface area contributed by atoms with E-state index in [1.54, 1.807) is 18.2 Å². The van der Waals surface area contributed by atoms with Gasteiger partial charge in [0, 0.05) is 12.0 Å². The van der Waals surface area contributed by atoms with Crippen molar-refractivity contribution in [3.63, 3.8) is 0 Å². The monoisotopic (exact) mass is 239 g/mol. The fourth-order valence-electron chi connectivity index (χ4n) is 1.32. The smallest absolute Gasteiger partial charge is 0.492 e. The van der Waals surface area contributed by atoms with E-state index in [9.17, 15) is 10.0 Å². The summed E-state index contributed by atoms with van der Waals surface area (Å²) in [5, 5.41) is 18.5. The second-order valence-electron chi connectivity index (χ2n) is 3.93. The van der Waals surface area contributed by atoms with Gasteiger partial charge in [-0.15, -0.1) is 0 Å². The predicted octanol–water partition coefficient (Wildman–Crippen LogP) is -0.685. The number of hydrogen-bond donors (Lipinski definition) is 2. The SMILES string of the molecule is COc1ccc(OCCN(C)C)c(B(O)O)c1. The highest BCUT2D eigenvalue weighted by atomic mass is 16.5. The molecule has 1 aromatic carbocycles. The number of benzene rings is 1. The molecule has 0 saturated carbocycles. The van der Waals surface area contributed by atoms with Crippen LogP contribution in [0.5, 0.6) is 11.5 Å². The summed E-state index contributed by atoms with van der Waals surface area (Å²) >= 11 is 0. The van der Waals surface area contributed by atoms with Crippen molar-refractivity contribution in [2.45, 2.75) is 0 Å². The molecule has 6 heteroatoms. The van der Waals surface area contributed by atoms with E-state index < -0.39 is 7.12 Å². The van der Waals surface area contributed by atoms with E-state index >= 15 is 0 Å². The van der Waals surface area contributed by atoms with Gasteiger partial charge in [-0.1, -0.05) is 0 Å². The molecule has 0 aromatic heterocycles. The van der Waals surface area contributed by atoms with Crippen molar-refractivity contribution in [3.8, 4) is 11.5 Å². The molecule has 0 aliphatic rings. The van der Waals surface area contributed by atoms with Gasteiger partial charge in [-0.25, -0.2) is 0 Å². The van der Waals surface area contributed by atoms with Crippen molar-refractivity contribution in [2.75, 3.05) is 34.4 Å². The van der Waals surface area contributed by atoms with Gasteiger partial charge in [-0.2, -0.15) is 0 Å². The Bertz CT molecular complexity index is 357. The van der Waals surface area contributed by atoms with Gasteiger partial charge in [-0.3, -0.25) is 0 Å². The third-order valence-corrected chi connectivity index (χ3v) is 2.29. The van der Waals surface area contributed by atoms with Gasteiger partial charge in [0.25, 0.3) is 0 Å². The van der Waals surface area contributed by atoms with E-state index in [-0.39, 0.29) is 0 Å². The molecule has 0 spiro atoms. The molecule has 0 fully saturated rings. The number of nitrogens with zero attached hydrogens (tertiary/aromatic N) is 1. The Hall–Kier alpha value is -1.24. The molecule has 0 atom stereocenters. The third-order valence-electron chi connectivity index (χ3n) is 2.29. The Morgan fingerprint density at radius 2 is 2.00 bits per heavy atom. The number of hydrogen-bond acceptors (Lipinski definition) is 5. The van der Waals surface area contributed by atoms with Crippen LogP contribution in [0.2, 0.25) is 0 Å². The van der Waals surface area contributed by atoms with Gasteiger partial charge in [0.05, 0.1) is 7.11 Å². The van der Waals surface area contributed by atoms with Crippen molar-refractivity contribution < 1.29 is 19.5 Å². The Morgan fingerprint density at radius 3 is 2.53 bits per heavy atom. The average molecular weight is 239 g/mol. The fourth-order valence-corrected chi connectivity index (χ4v) is 1.32. The minimum atomic E-state index is -1.57. The number of ether oxygens (including phenoxy) is 2. The molecule has 17 heavy (non-hydrogen) atoms. The highest BCUT2D eigenvalue weighted by Crippen LogP contribution is 2.15. The van der Waals surface area contributed by atoms with Crippen molar-refractivity contribution in [3.05, 3.63) is 18.2 Å². The average Bonchev–Trinajstić information content (AvgIpc) is 2.28. The van der Waals surface area contributed by atoms with Gasteiger partial charge in [0.1, 0.15) is 18.1 Å². The molecule has 0 unspecified atom stereocenters. The van der Waals surface area contributed by atoms with Crippen LogP contribution < -0.4 is 14.9 Å². The second kappa shape index (κ2) is 6.49. The molecule has 1 aromatic rings. The molecule has 0 heterocycles. The van der Waals surface area contributed by atoms with Crippen LogP contribution in [-0.2, 0) is 0 Å². The first-order chi connectivity index (χ1) is 8.04. The molecule has 1 rings (SSSR count). The lowest BCUT2D eigenvalue weighted by atomic mass is 9.79.